The lowest BCUT2D eigenvalue weighted by Gasteiger charge is -2.25. The Balaban J connectivity index is 2.30. The van der Waals surface area contributed by atoms with Gasteiger partial charge in [-0.2, -0.15) is 0 Å². The van der Waals surface area contributed by atoms with Crippen LogP contribution in [0, 0.1) is 11.2 Å². The summed E-state index contributed by atoms with van der Waals surface area (Å²) in [5.41, 5.74) is 0.844. The molecule has 0 bridgehead atoms. The first kappa shape index (κ1) is 11.8. The molecule has 0 heterocycles. The smallest absolute Gasteiger partial charge is 0.141 e. The van der Waals surface area contributed by atoms with E-state index in [2.05, 4.69) is 5.32 Å². The van der Waals surface area contributed by atoms with Crippen molar-refractivity contribution in [2.24, 2.45) is 5.41 Å². The first-order valence-corrected chi connectivity index (χ1v) is 5.74. The number of hydrogen-bond donors (Lipinski definition) is 2. The van der Waals surface area contributed by atoms with E-state index in [0.717, 1.165) is 18.4 Å². The van der Waals surface area contributed by atoms with E-state index >= 15 is 0 Å². The van der Waals surface area contributed by atoms with Gasteiger partial charge in [0.05, 0.1) is 11.6 Å². The summed E-state index contributed by atoms with van der Waals surface area (Å²) in [6.45, 7) is 0.146. The summed E-state index contributed by atoms with van der Waals surface area (Å²) in [5, 5.41) is 12.7. The summed E-state index contributed by atoms with van der Waals surface area (Å²) in [7, 11) is 1.84. The normalized spacial score (nSPS) is 19.5. The maximum atomic E-state index is 13.1. The second-order valence-electron chi connectivity index (χ2n) is 4.42. The zero-order valence-corrected chi connectivity index (χ0v) is 9.89. The van der Waals surface area contributed by atoms with Gasteiger partial charge in [0.1, 0.15) is 5.82 Å². The molecule has 0 aliphatic heterocycles. The Morgan fingerprint density at radius 2 is 2.25 bits per heavy atom. The molecule has 1 aromatic rings. The van der Waals surface area contributed by atoms with Crippen LogP contribution in [0.1, 0.15) is 24.4 Å². The SMILES string of the molecule is CNC(c1ccc(F)c(Cl)c1)C1(CO)CC1. The second-order valence-corrected chi connectivity index (χ2v) is 4.82. The molecular formula is C12H15ClFNO. The van der Waals surface area contributed by atoms with Crippen molar-refractivity contribution in [3.05, 3.63) is 34.6 Å². The number of aliphatic hydroxyl groups is 1. The molecule has 4 heteroatoms. The Labute approximate surface area is 99.4 Å². The van der Waals surface area contributed by atoms with Crippen molar-refractivity contribution in [3.8, 4) is 0 Å². The quantitative estimate of drug-likeness (QED) is 0.852. The number of halogens is 2. The van der Waals surface area contributed by atoms with E-state index in [-0.39, 0.29) is 23.1 Å². The predicted molar refractivity (Wildman–Crippen MR) is 62.0 cm³/mol. The highest BCUT2D eigenvalue weighted by Gasteiger charge is 2.48. The van der Waals surface area contributed by atoms with Gasteiger partial charge in [0.15, 0.2) is 0 Å². The first-order valence-electron chi connectivity index (χ1n) is 5.36. The molecule has 2 N–H and O–H groups in total. The molecule has 2 rings (SSSR count). The summed E-state index contributed by atoms with van der Waals surface area (Å²) < 4.78 is 13.1. The van der Waals surface area contributed by atoms with E-state index in [0.29, 0.717) is 0 Å². The molecule has 1 aliphatic carbocycles. The lowest BCUT2D eigenvalue weighted by Crippen LogP contribution is -2.29. The zero-order chi connectivity index (χ0) is 11.8. The van der Waals surface area contributed by atoms with E-state index in [1.807, 2.05) is 7.05 Å². The van der Waals surface area contributed by atoms with Crippen LogP contribution >= 0.6 is 11.6 Å². The van der Waals surface area contributed by atoms with Crippen molar-refractivity contribution in [1.29, 1.82) is 0 Å². The van der Waals surface area contributed by atoms with Crippen molar-refractivity contribution in [3.63, 3.8) is 0 Å². The van der Waals surface area contributed by atoms with Crippen LogP contribution in [0.5, 0.6) is 0 Å². The molecule has 0 saturated heterocycles. The summed E-state index contributed by atoms with van der Waals surface area (Å²) in [6, 6.07) is 4.76. The molecule has 1 saturated carbocycles. The van der Waals surface area contributed by atoms with Crippen LogP contribution in [0.25, 0.3) is 0 Å². The fraction of sp³-hybridized carbons (Fsp3) is 0.500. The maximum Gasteiger partial charge on any atom is 0.141 e. The van der Waals surface area contributed by atoms with Crippen LogP contribution in [-0.4, -0.2) is 18.8 Å². The van der Waals surface area contributed by atoms with Gasteiger partial charge in [-0.3, -0.25) is 0 Å². The summed E-state index contributed by atoms with van der Waals surface area (Å²) >= 11 is 5.76. The maximum absolute atomic E-state index is 13.1. The van der Waals surface area contributed by atoms with Gasteiger partial charge in [0.25, 0.3) is 0 Å². The fourth-order valence-electron chi connectivity index (χ4n) is 2.22. The van der Waals surface area contributed by atoms with Crippen LogP contribution in [0.4, 0.5) is 4.39 Å². The Kier molecular flexibility index (Phi) is 3.19. The number of nitrogens with one attached hydrogen (secondary N) is 1. The highest BCUT2D eigenvalue weighted by Crippen LogP contribution is 2.54. The molecule has 1 aromatic carbocycles. The lowest BCUT2D eigenvalue weighted by atomic mass is 9.91. The van der Waals surface area contributed by atoms with Gasteiger partial charge in [-0.25, -0.2) is 4.39 Å². The van der Waals surface area contributed by atoms with Gasteiger partial charge in [-0.15, -0.1) is 0 Å². The lowest BCUT2D eigenvalue weighted by molar-refractivity contribution is 0.175. The highest BCUT2D eigenvalue weighted by molar-refractivity contribution is 6.30. The van der Waals surface area contributed by atoms with Crippen molar-refractivity contribution in [2.75, 3.05) is 13.7 Å². The molecule has 1 atom stereocenters. The van der Waals surface area contributed by atoms with Crippen molar-refractivity contribution < 1.29 is 9.50 Å². The van der Waals surface area contributed by atoms with Crippen LogP contribution in [0.2, 0.25) is 5.02 Å². The average Bonchev–Trinajstić information content (AvgIpc) is 3.05. The Morgan fingerprint density at radius 1 is 1.56 bits per heavy atom. The molecule has 0 aromatic heterocycles. The highest BCUT2D eigenvalue weighted by atomic mass is 35.5. The third-order valence-corrected chi connectivity index (χ3v) is 3.67. The number of hydrogen-bond acceptors (Lipinski definition) is 2. The molecule has 1 aliphatic rings. The van der Waals surface area contributed by atoms with E-state index < -0.39 is 5.82 Å². The van der Waals surface area contributed by atoms with Gasteiger partial charge in [0.2, 0.25) is 0 Å². The Hall–Kier alpha value is -0.640. The summed E-state index contributed by atoms with van der Waals surface area (Å²) in [6.07, 6.45) is 1.98. The van der Waals surface area contributed by atoms with Crippen LogP contribution in [0.15, 0.2) is 18.2 Å². The molecule has 0 radical (unpaired) electrons. The standard InChI is InChI=1S/C12H15ClFNO/c1-15-11(12(7-16)4-5-12)8-2-3-10(14)9(13)6-8/h2-3,6,11,15-16H,4-5,7H2,1H3. The topological polar surface area (TPSA) is 32.3 Å². The molecule has 88 valence electrons. The van der Waals surface area contributed by atoms with Crippen molar-refractivity contribution in [2.45, 2.75) is 18.9 Å². The minimum Gasteiger partial charge on any atom is -0.396 e. The van der Waals surface area contributed by atoms with Crippen molar-refractivity contribution in [1.82, 2.24) is 5.32 Å². The van der Waals surface area contributed by atoms with Gasteiger partial charge >= 0.3 is 0 Å². The molecule has 1 fully saturated rings. The minimum absolute atomic E-state index is 0.0376. The Morgan fingerprint density at radius 3 is 2.69 bits per heavy atom. The van der Waals surface area contributed by atoms with Crippen molar-refractivity contribution >= 4 is 11.6 Å². The zero-order valence-electron chi connectivity index (χ0n) is 9.13. The van der Waals surface area contributed by atoms with Crippen LogP contribution in [-0.2, 0) is 0 Å². The fourth-order valence-corrected chi connectivity index (χ4v) is 2.41. The molecule has 16 heavy (non-hydrogen) atoms. The van der Waals surface area contributed by atoms with E-state index in [1.54, 1.807) is 12.1 Å². The van der Waals surface area contributed by atoms with E-state index in [4.69, 9.17) is 11.6 Å². The predicted octanol–water partition coefficient (Wildman–Crippen LogP) is 2.51. The molecule has 0 amide bonds. The van der Waals surface area contributed by atoms with E-state index in [1.165, 1.54) is 6.07 Å². The monoisotopic (exact) mass is 243 g/mol. The average molecular weight is 244 g/mol. The molecular weight excluding hydrogens is 229 g/mol. The van der Waals surface area contributed by atoms with Gasteiger partial charge < -0.3 is 10.4 Å². The third-order valence-electron chi connectivity index (χ3n) is 3.39. The van der Waals surface area contributed by atoms with Crippen LogP contribution in [0.3, 0.4) is 0 Å². The summed E-state index contributed by atoms with van der Waals surface area (Å²) in [4.78, 5) is 0. The van der Waals surface area contributed by atoms with Crippen LogP contribution < -0.4 is 5.32 Å². The molecule has 0 spiro atoms. The number of aliphatic hydroxyl groups excluding tert-OH is 1. The third kappa shape index (κ3) is 1.95. The second kappa shape index (κ2) is 4.32. The van der Waals surface area contributed by atoms with Gasteiger partial charge in [-0.05, 0) is 37.6 Å². The minimum atomic E-state index is -0.408. The van der Waals surface area contributed by atoms with Gasteiger partial charge in [0, 0.05) is 11.5 Å². The van der Waals surface area contributed by atoms with Gasteiger partial charge in [-0.1, -0.05) is 17.7 Å². The molecule has 2 nitrogen and oxygen atoms in total. The first-order chi connectivity index (χ1) is 7.63. The number of rotatable bonds is 4. The molecule has 1 unspecified atom stereocenters. The van der Waals surface area contributed by atoms with E-state index in [9.17, 15) is 9.50 Å². The largest absolute Gasteiger partial charge is 0.396 e. The summed E-state index contributed by atoms with van der Waals surface area (Å²) in [5.74, 6) is -0.408. The number of benzene rings is 1. The Bertz CT molecular complexity index is 393.